The quantitative estimate of drug-likeness (QED) is 0.810. The van der Waals surface area contributed by atoms with Crippen molar-refractivity contribution in [2.75, 3.05) is 13.1 Å². The van der Waals surface area contributed by atoms with Crippen LogP contribution < -0.4 is 5.73 Å². The van der Waals surface area contributed by atoms with E-state index in [1.54, 1.807) is 4.31 Å². The second kappa shape index (κ2) is 5.02. The molecular weight excluding hydrogens is 224 g/mol. The molecule has 1 atom stereocenters. The normalized spacial score (nSPS) is 29.7. The number of hydrogen-bond donors (Lipinski definition) is 1. The van der Waals surface area contributed by atoms with Gasteiger partial charge in [0, 0.05) is 19.1 Å². The number of rotatable bonds is 3. The largest absolute Gasteiger partial charge is 0.329 e. The highest BCUT2D eigenvalue weighted by atomic mass is 32.2. The van der Waals surface area contributed by atoms with E-state index in [-0.39, 0.29) is 11.3 Å². The van der Waals surface area contributed by atoms with Crippen molar-refractivity contribution in [3.05, 3.63) is 0 Å². The van der Waals surface area contributed by atoms with E-state index >= 15 is 0 Å². The van der Waals surface area contributed by atoms with Crippen molar-refractivity contribution in [3.63, 3.8) is 0 Å². The van der Waals surface area contributed by atoms with Gasteiger partial charge >= 0.3 is 0 Å². The summed E-state index contributed by atoms with van der Waals surface area (Å²) in [4.78, 5) is 0. The summed E-state index contributed by atoms with van der Waals surface area (Å²) >= 11 is 0. The Balaban J connectivity index is 2.11. The summed E-state index contributed by atoms with van der Waals surface area (Å²) in [6.45, 7) is 1.15. The Morgan fingerprint density at radius 1 is 1.06 bits per heavy atom. The fourth-order valence-corrected chi connectivity index (χ4v) is 5.24. The lowest BCUT2D eigenvalue weighted by Gasteiger charge is -2.30. The van der Waals surface area contributed by atoms with E-state index in [4.69, 9.17) is 5.73 Å². The molecule has 4 nitrogen and oxygen atoms in total. The summed E-state index contributed by atoms with van der Waals surface area (Å²) in [5.41, 5.74) is 5.64. The van der Waals surface area contributed by atoms with Gasteiger partial charge in [0.25, 0.3) is 0 Å². The molecule has 1 aliphatic heterocycles. The Labute approximate surface area is 98.2 Å². The summed E-state index contributed by atoms with van der Waals surface area (Å²) in [5.74, 6) is 0. The Hall–Kier alpha value is -0.130. The van der Waals surface area contributed by atoms with E-state index in [1.165, 1.54) is 6.42 Å². The average Bonchev–Trinajstić information content (AvgIpc) is 2.79. The third-order valence-corrected chi connectivity index (χ3v) is 6.34. The molecule has 94 valence electrons. The third kappa shape index (κ3) is 2.26. The zero-order valence-corrected chi connectivity index (χ0v) is 10.6. The molecule has 2 fully saturated rings. The molecule has 1 saturated carbocycles. The predicted octanol–water partition coefficient (Wildman–Crippen LogP) is 1.07. The molecule has 1 heterocycles. The van der Waals surface area contributed by atoms with Crippen LogP contribution in [0.1, 0.15) is 44.9 Å². The highest BCUT2D eigenvalue weighted by Crippen LogP contribution is 2.30. The minimum atomic E-state index is -3.07. The van der Waals surface area contributed by atoms with Crippen molar-refractivity contribution in [2.24, 2.45) is 5.73 Å². The van der Waals surface area contributed by atoms with Gasteiger partial charge in [0.2, 0.25) is 10.0 Å². The van der Waals surface area contributed by atoms with E-state index in [9.17, 15) is 8.42 Å². The van der Waals surface area contributed by atoms with Gasteiger partial charge in [-0.05, 0) is 25.7 Å². The van der Waals surface area contributed by atoms with Crippen molar-refractivity contribution in [1.29, 1.82) is 0 Å². The maximum Gasteiger partial charge on any atom is 0.217 e. The van der Waals surface area contributed by atoms with Crippen molar-refractivity contribution in [3.8, 4) is 0 Å². The van der Waals surface area contributed by atoms with Crippen LogP contribution in [0.25, 0.3) is 0 Å². The van der Waals surface area contributed by atoms with Crippen molar-refractivity contribution in [2.45, 2.75) is 56.2 Å². The van der Waals surface area contributed by atoms with Crippen LogP contribution >= 0.6 is 0 Å². The minimum absolute atomic E-state index is 0.0620. The average molecular weight is 246 g/mol. The van der Waals surface area contributed by atoms with Crippen molar-refractivity contribution < 1.29 is 8.42 Å². The number of hydrogen-bond acceptors (Lipinski definition) is 3. The van der Waals surface area contributed by atoms with Crippen LogP contribution in [0.3, 0.4) is 0 Å². The highest BCUT2D eigenvalue weighted by Gasteiger charge is 2.38. The molecule has 0 bridgehead atoms. The maximum absolute atomic E-state index is 12.4. The summed E-state index contributed by atoms with van der Waals surface area (Å²) in [6.07, 6.45) is 6.89. The second-order valence-electron chi connectivity index (χ2n) is 4.95. The zero-order chi connectivity index (χ0) is 11.6. The molecular formula is C11H22N2O2S. The third-order valence-electron chi connectivity index (χ3n) is 3.90. The van der Waals surface area contributed by atoms with E-state index < -0.39 is 10.0 Å². The lowest BCUT2D eigenvalue weighted by atomic mass is 10.0. The molecule has 16 heavy (non-hydrogen) atoms. The first-order valence-electron chi connectivity index (χ1n) is 6.37. The first-order chi connectivity index (χ1) is 7.66. The lowest BCUT2D eigenvalue weighted by molar-refractivity contribution is 0.373. The molecule has 2 N–H and O–H groups in total. The van der Waals surface area contributed by atoms with Crippen molar-refractivity contribution >= 4 is 10.0 Å². The molecule has 1 aliphatic carbocycles. The lowest BCUT2D eigenvalue weighted by Crippen LogP contribution is -2.45. The molecule has 0 aromatic heterocycles. The molecule has 0 spiro atoms. The molecule has 5 heteroatoms. The smallest absolute Gasteiger partial charge is 0.217 e. The Morgan fingerprint density at radius 3 is 2.38 bits per heavy atom. The number of nitrogens with zero attached hydrogens (tertiary/aromatic N) is 1. The molecule has 0 aromatic carbocycles. The molecule has 1 saturated heterocycles. The summed E-state index contributed by atoms with van der Waals surface area (Å²) in [5, 5.41) is -0.131. The van der Waals surface area contributed by atoms with Crippen LogP contribution in [-0.2, 0) is 10.0 Å². The fraction of sp³-hybridized carbons (Fsp3) is 1.00. The van der Waals surface area contributed by atoms with Crippen LogP contribution in [0, 0.1) is 0 Å². The Kier molecular flexibility index (Phi) is 3.87. The second-order valence-corrected chi connectivity index (χ2v) is 7.11. The molecule has 0 aromatic rings. The Bertz CT molecular complexity index is 323. The molecule has 2 rings (SSSR count). The summed E-state index contributed by atoms with van der Waals surface area (Å²) < 4.78 is 26.5. The Morgan fingerprint density at radius 2 is 1.75 bits per heavy atom. The first-order valence-corrected chi connectivity index (χ1v) is 7.87. The summed E-state index contributed by atoms with van der Waals surface area (Å²) in [6, 6.07) is 0.0620. The van der Waals surface area contributed by atoms with Crippen LogP contribution in [0.2, 0.25) is 0 Å². The first kappa shape index (κ1) is 12.3. The van der Waals surface area contributed by atoms with Crippen LogP contribution in [0.15, 0.2) is 0 Å². The van der Waals surface area contributed by atoms with Crippen molar-refractivity contribution in [1.82, 2.24) is 4.31 Å². The van der Waals surface area contributed by atoms with E-state index in [2.05, 4.69) is 0 Å². The van der Waals surface area contributed by atoms with Gasteiger partial charge in [-0.2, -0.15) is 4.31 Å². The zero-order valence-electron chi connectivity index (χ0n) is 9.77. The standard InChI is InChI=1S/C11H22N2O2S/c12-9-10-5-4-8-13(10)16(14,15)11-6-2-1-3-7-11/h10-11H,1-9,12H2. The topological polar surface area (TPSA) is 63.4 Å². The van der Waals surface area contributed by atoms with Gasteiger partial charge in [-0.25, -0.2) is 8.42 Å². The maximum atomic E-state index is 12.4. The number of sulfonamides is 1. The van der Waals surface area contributed by atoms with Gasteiger partial charge in [0.15, 0.2) is 0 Å². The molecule has 2 aliphatic rings. The predicted molar refractivity (Wildman–Crippen MR) is 64.6 cm³/mol. The van der Waals surface area contributed by atoms with E-state index in [0.717, 1.165) is 38.5 Å². The fourth-order valence-electron chi connectivity index (χ4n) is 2.93. The molecule has 0 amide bonds. The minimum Gasteiger partial charge on any atom is -0.329 e. The van der Waals surface area contributed by atoms with Gasteiger partial charge in [-0.1, -0.05) is 19.3 Å². The van der Waals surface area contributed by atoms with Gasteiger partial charge in [-0.3, -0.25) is 0 Å². The molecule has 1 unspecified atom stereocenters. The van der Waals surface area contributed by atoms with Gasteiger partial charge in [0.05, 0.1) is 5.25 Å². The van der Waals surface area contributed by atoms with Gasteiger partial charge < -0.3 is 5.73 Å². The van der Waals surface area contributed by atoms with Crippen LogP contribution in [-0.4, -0.2) is 37.1 Å². The van der Waals surface area contributed by atoms with Crippen LogP contribution in [0.4, 0.5) is 0 Å². The number of nitrogens with two attached hydrogens (primary N) is 1. The van der Waals surface area contributed by atoms with E-state index in [0.29, 0.717) is 13.1 Å². The monoisotopic (exact) mass is 246 g/mol. The SMILES string of the molecule is NCC1CCCN1S(=O)(=O)C1CCCCC1. The van der Waals surface area contributed by atoms with Gasteiger partial charge in [-0.15, -0.1) is 0 Å². The van der Waals surface area contributed by atoms with E-state index in [1.807, 2.05) is 0 Å². The highest BCUT2D eigenvalue weighted by molar-refractivity contribution is 7.89. The molecule has 0 radical (unpaired) electrons. The van der Waals surface area contributed by atoms with Crippen LogP contribution in [0.5, 0.6) is 0 Å². The van der Waals surface area contributed by atoms with Gasteiger partial charge in [0.1, 0.15) is 0 Å². The summed E-state index contributed by atoms with van der Waals surface area (Å²) in [7, 11) is -3.07.